The first kappa shape index (κ1) is 13.9. The molecule has 0 spiro atoms. The van der Waals surface area contributed by atoms with Gasteiger partial charge in [0.05, 0.1) is 18.4 Å². The van der Waals surface area contributed by atoms with Gasteiger partial charge in [0.1, 0.15) is 5.76 Å². The summed E-state index contributed by atoms with van der Waals surface area (Å²) in [5, 5.41) is 8.10. The summed E-state index contributed by atoms with van der Waals surface area (Å²) in [6.45, 7) is 4.33. The van der Waals surface area contributed by atoms with E-state index in [-0.39, 0.29) is 11.8 Å². The van der Waals surface area contributed by atoms with Crippen molar-refractivity contribution in [1.82, 2.24) is 19.8 Å². The Labute approximate surface area is 123 Å². The van der Waals surface area contributed by atoms with Crippen LogP contribution in [0.15, 0.2) is 16.9 Å². The molecule has 1 fully saturated rings. The standard InChI is InChI=1S/C15H20N4O2/c1-9-14(10(2)21-17-9)8-18(3)15(20)13-5-12(13)11-6-16-19(4)7-11/h6-7,12-13H,5,8H2,1-4H3/t12-,13+/m1/s1. The number of amides is 1. The smallest absolute Gasteiger partial charge is 0.226 e. The van der Waals surface area contributed by atoms with Gasteiger partial charge in [-0.05, 0) is 31.7 Å². The quantitative estimate of drug-likeness (QED) is 0.860. The first-order chi connectivity index (χ1) is 9.97. The van der Waals surface area contributed by atoms with Crippen molar-refractivity contribution in [2.24, 2.45) is 13.0 Å². The molecule has 2 atom stereocenters. The molecule has 3 rings (SSSR count). The lowest BCUT2D eigenvalue weighted by molar-refractivity contribution is -0.131. The van der Waals surface area contributed by atoms with E-state index in [0.29, 0.717) is 12.5 Å². The normalized spacial score (nSPS) is 20.6. The molecule has 1 saturated carbocycles. The van der Waals surface area contributed by atoms with Crippen LogP contribution in [0.5, 0.6) is 0 Å². The van der Waals surface area contributed by atoms with E-state index in [0.717, 1.165) is 29.0 Å². The summed E-state index contributed by atoms with van der Waals surface area (Å²) >= 11 is 0. The number of carbonyl (C=O) groups is 1. The number of aryl methyl sites for hydroxylation is 3. The van der Waals surface area contributed by atoms with E-state index >= 15 is 0 Å². The van der Waals surface area contributed by atoms with Crippen LogP contribution in [0.3, 0.4) is 0 Å². The maximum Gasteiger partial charge on any atom is 0.226 e. The number of hydrogen-bond acceptors (Lipinski definition) is 4. The van der Waals surface area contributed by atoms with E-state index in [2.05, 4.69) is 10.3 Å². The Morgan fingerprint density at radius 2 is 2.29 bits per heavy atom. The number of hydrogen-bond donors (Lipinski definition) is 0. The van der Waals surface area contributed by atoms with E-state index in [1.165, 1.54) is 0 Å². The SMILES string of the molecule is Cc1noc(C)c1CN(C)C(=O)[C@H]1C[C@@H]1c1cnn(C)c1. The van der Waals surface area contributed by atoms with Crippen LogP contribution >= 0.6 is 0 Å². The summed E-state index contributed by atoms with van der Waals surface area (Å²) < 4.78 is 6.93. The third-order valence-electron chi connectivity index (χ3n) is 4.21. The topological polar surface area (TPSA) is 64.2 Å². The van der Waals surface area contributed by atoms with Crippen LogP contribution in [0, 0.1) is 19.8 Å². The van der Waals surface area contributed by atoms with Gasteiger partial charge in [-0.2, -0.15) is 5.10 Å². The molecule has 1 amide bonds. The zero-order valence-electron chi connectivity index (χ0n) is 12.8. The van der Waals surface area contributed by atoms with E-state index in [1.54, 1.807) is 9.58 Å². The molecule has 1 aliphatic rings. The summed E-state index contributed by atoms with van der Waals surface area (Å²) in [5.74, 6) is 1.37. The van der Waals surface area contributed by atoms with Gasteiger partial charge in [-0.25, -0.2) is 0 Å². The Morgan fingerprint density at radius 1 is 1.52 bits per heavy atom. The largest absolute Gasteiger partial charge is 0.361 e. The zero-order valence-corrected chi connectivity index (χ0v) is 12.8. The van der Waals surface area contributed by atoms with Crippen molar-refractivity contribution in [3.8, 4) is 0 Å². The summed E-state index contributed by atoms with van der Waals surface area (Å²) in [7, 11) is 3.74. The minimum absolute atomic E-state index is 0.0830. The third-order valence-corrected chi connectivity index (χ3v) is 4.21. The number of rotatable bonds is 4. The van der Waals surface area contributed by atoms with Gasteiger partial charge in [0.15, 0.2) is 0 Å². The molecule has 0 aliphatic heterocycles. The van der Waals surface area contributed by atoms with Crippen molar-refractivity contribution in [3.63, 3.8) is 0 Å². The molecule has 112 valence electrons. The van der Waals surface area contributed by atoms with Gasteiger partial charge in [-0.3, -0.25) is 9.48 Å². The first-order valence-corrected chi connectivity index (χ1v) is 7.12. The molecule has 1 aliphatic carbocycles. The van der Waals surface area contributed by atoms with Crippen LogP contribution in [-0.4, -0.2) is 32.8 Å². The van der Waals surface area contributed by atoms with Gasteiger partial charge in [-0.1, -0.05) is 5.16 Å². The van der Waals surface area contributed by atoms with E-state index in [9.17, 15) is 4.79 Å². The molecule has 21 heavy (non-hydrogen) atoms. The lowest BCUT2D eigenvalue weighted by Gasteiger charge is -2.17. The Hall–Kier alpha value is -2.11. The summed E-state index contributed by atoms with van der Waals surface area (Å²) in [6.07, 6.45) is 4.76. The second kappa shape index (κ2) is 5.02. The fraction of sp³-hybridized carbons (Fsp3) is 0.533. The maximum absolute atomic E-state index is 12.5. The minimum Gasteiger partial charge on any atom is -0.361 e. The van der Waals surface area contributed by atoms with Gasteiger partial charge in [0, 0.05) is 31.8 Å². The minimum atomic E-state index is 0.0830. The highest BCUT2D eigenvalue weighted by Crippen LogP contribution is 2.48. The Kier molecular flexibility index (Phi) is 3.31. The van der Waals surface area contributed by atoms with E-state index < -0.39 is 0 Å². The van der Waals surface area contributed by atoms with Gasteiger partial charge < -0.3 is 9.42 Å². The number of aromatic nitrogens is 3. The summed E-state index contributed by atoms with van der Waals surface area (Å²) in [4.78, 5) is 14.3. The van der Waals surface area contributed by atoms with E-state index in [1.807, 2.05) is 40.3 Å². The molecule has 2 heterocycles. The molecule has 0 aromatic carbocycles. The molecule has 0 N–H and O–H groups in total. The van der Waals surface area contributed by atoms with Crippen LogP contribution in [0.2, 0.25) is 0 Å². The van der Waals surface area contributed by atoms with Crippen LogP contribution in [-0.2, 0) is 18.4 Å². The lowest BCUT2D eigenvalue weighted by atomic mass is 10.1. The van der Waals surface area contributed by atoms with Gasteiger partial charge in [-0.15, -0.1) is 0 Å². The monoisotopic (exact) mass is 288 g/mol. The number of carbonyl (C=O) groups excluding carboxylic acids is 1. The predicted octanol–water partition coefficient (Wildman–Crippen LogP) is 1.79. The second-order valence-electron chi connectivity index (χ2n) is 5.89. The van der Waals surface area contributed by atoms with Crippen LogP contribution in [0.25, 0.3) is 0 Å². The third kappa shape index (κ3) is 2.57. The highest BCUT2D eigenvalue weighted by Gasteiger charge is 2.45. The molecular weight excluding hydrogens is 268 g/mol. The average molecular weight is 288 g/mol. The van der Waals surface area contributed by atoms with Gasteiger partial charge in [0.25, 0.3) is 0 Å². The Bertz CT molecular complexity index is 654. The molecule has 0 saturated heterocycles. The number of nitrogens with zero attached hydrogens (tertiary/aromatic N) is 4. The molecule has 6 nitrogen and oxygen atoms in total. The molecule has 0 unspecified atom stereocenters. The summed E-state index contributed by atoms with van der Waals surface area (Å²) in [5.41, 5.74) is 3.01. The molecule has 2 aromatic heterocycles. The molecule has 0 bridgehead atoms. The van der Waals surface area contributed by atoms with Crippen molar-refractivity contribution in [3.05, 3.63) is 35.0 Å². The van der Waals surface area contributed by atoms with Crippen molar-refractivity contribution >= 4 is 5.91 Å². The molecule has 6 heteroatoms. The zero-order chi connectivity index (χ0) is 15.1. The first-order valence-electron chi connectivity index (χ1n) is 7.12. The van der Waals surface area contributed by atoms with Gasteiger partial charge >= 0.3 is 0 Å². The average Bonchev–Trinajstić information content (AvgIpc) is 3.05. The molecule has 2 aromatic rings. The van der Waals surface area contributed by atoms with Crippen molar-refractivity contribution in [2.45, 2.75) is 32.7 Å². The van der Waals surface area contributed by atoms with Crippen LogP contribution in [0.4, 0.5) is 0 Å². The van der Waals surface area contributed by atoms with Crippen LogP contribution < -0.4 is 0 Å². The van der Waals surface area contributed by atoms with Crippen LogP contribution in [0.1, 0.15) is 34.9 Å². The van der Waals surface area contributed by atoms with E-state index in [4.69, 9.17) is 4.52 Å². The second-order valence-corrected chi connectivity index (χ2v) is 5.89. The van der Waals surface area contributed by atoms with Crippen molar-refractivity contribution in [2.75, 3.05) is 7.05 Å². The lowest BCUT2D eigenvalue weighted by Crippen LogP contribution is -2.28. The fourth-order valence-corrected chi connectivity index (χ4v) is 2.79. The highest BCUT2D eigenvalue weighted by atomic mass is 16.5. The van der Waals surface area contributed by atoms with Gasteiger partial charge in [0.2, 0.25) is 5.91 Å². The Balaban J connectivity index is 1.64. The predicted molar refractivity (Wildman–Crippen MR) is 76.5 cm³/mol. The van der Waals surface area contributed by atoms with Crippen molar-refractivity contribution < 1.29 is 9.32 Å². The molecule has 0 radical (unpaired) electrons. The molecular formula is C15H20N4O2. The van der Waals surface area contributed by atoms with Crippen molar-refractivity contribution in [1.29, 1.82) is 0 Å². The fourth-order valence-electron chi connectivity index (χ4n) is 2.79. The highest BCUT2D eigenvalue weighted by molar-refractivity contribution is 5.82. The maximum atomic E-state index is 12.5. The Morgan fingerprint density at radius 3 is 2.86 bits per heavy atom. The summed E-state index contributed by atoms with van der Waals surface area (Å²) in [6, 6.07) is 0.